The highest BCUT2D eigenvalue weighted by Gasteiger charge is 2.42. The molecule has 0 atom stereocenters. The molecule has 8 nitrogen and oxygen atoms in total. The second kappa shape index (κ2) is 17.0. The third kappa shape index (κ3) is 8.67. The smallest absolute Gasteiger partial charge is 0.227 e. The number of nitrogens with zero attached hydrogens (tertiary/aromatic N) is 3. The number of methoxy groups -OCH3 is 2. The van der Waals surface area contributed by atoms with Gasteiger partial charge in [0.25, 0.3) is 0 Å². The topological polar surface area (TPSA) is 87.6 Å². The number of halogens is 2. The molecule has 0 fully saturated rings. The Hall–Kier alpha value is -3.29. The van der Waals surface area contributed by atoms with Crippen LogP contribution in [0.2, 0.25) is 34.8 Å². The molecule has 0 saturated heterocycles. The summed E-state index contributed by atoms with van der Waals surface area (Å²) in [6, 6.07) is 6.47. The van der Waals surface area contributed by atoms with Crippen LogP contribution in [0.25, 0.3) is 32.9 Å². The van der Waals surface area contributed by atoms with Gasteiger partial charge in [-0.05, 0) is 64.6 Å². The van der Waals surface area contributed by atoms with Gasteiger partial charge in [0, 0.05) is 24.6 Å². The molecule has 13 heteroatoms. The minimum atomic E-state index is -2.27. The lowest BCUT2D eigenvalue weighted by Crippen LogP contribution is -2.43. The highest BCUT2D eigenvalue weighted by Crippen LogP contribution is 2.43. The van der Waals surface area contributed by atoms with Crippen molar-refractivity contribution in [2.45, 2.75) is 102 Å². The number of ether oxygens (including phenoxy) is 3. The quantitative estimate of drug-likeness (QED) is 0.0335. The van der Waals surface area contributed by atoms with Crippen molar-refractivity contribution in [3.8, 4) is 34.4 Å². The number of pyridine rings is 1. The highest BCUT2D eigenvalue weighted by atomic mass is 32.2. The molecule has 2 heterocycles. The first-order valence-electron chi connectivity index (χ1n) is 18.1. The van der Waals surface area contributed by atoms with E-state index in [4.69, 9.17) is 23.6 Å². The number of hydrogen-bond donors (Lipinski definition) is 1. The summed E-state index contributed by atoms with van der Waals surface area (Å²) in [4.78, 5) is 14.0. The molecule has 1 N–H and O–H groups in total. The summed E-state index contributed by atoms with van der Waals surface area (Å²) in [5.41, 5.74) is 5.08. The van der Waals surface area contributed by atoms with Crippen molar-refractivity contribution in [1.29, 1.82) is 0 Å². The normalized spacial score (nSPS) is 12.6. The van der Waals surface area contributed by atoms with Gasteiger partial charge in [0.2, 0.25) is 5.88 Å². The zero-order valence-electron chi connectivity index (χ0n) is 33.8. The lowest BCUT2D eigenvalue weighted by Gasteiger charge is -2.38. The van der Waals surface area contributed by atoms with Gasteiger partial charge in [-0.15, -0.1) is 5.54 Å². The first-order valence-corrected chi connectivity index (χ1v) is 24.5. The van der Waals surface area contributed by atoms with E-state index in [1.54, 1.807) is 18.2 Å². The second-order valence-corrected chi connectivity index (χ2v) is 27.0. The zero-order valence-corrected chi connectivity index (χ0v) is 36.6. The average Bonchev–Trinajstić information content (AvgIpc) is 3.09. The van der Waals surface area contributed by atoms with E-state index >= 15 is 8.78 Å². The van der Waals surface area contributed by atoms with Gasteiger partial charge in [-0.1, -0.05) is 86.1 Å². The van der Waals surface area contributed by atoms with E-state index in [2.05, 4.69) is 102 Å². The molecule has 0 aliphatic heterocycles. The minimum absolute atomic E-state index is 0.0188. The predicted octanol–water partition coefficient (Wildman–Crippen LogP) is 10.8. The molecule has 2 aromatic carbocycles. The Bertz CT molecular complexity index is 1990. The van der Waals surface area contributed by atoms with Gasteiger partial charge >= 0.3 is 0 Å². The van der Waals surface area contributed by atoms with E-state index in [0.717, 1.165) is 0 Å². The van der Waals surface area contributed by atoms with Crippen molar-refractivity contribution in [2.24, 2.45) is 0 Å². The first-order chi connectivity index (χ1) is 24.8. The van der Waals surface area contributed by atoms with Crippen LogP contribution in [0, 0.1) is 23.1 Å². The van der Waals surface area contributed by atoms with Crippen molar-refractivity contribution >= 4 is 55.6 Å². The summed E-state index contributed by atoms with van der Waals surface area (Å²) in [7, 11) is -1.28. The monoisotopic (exact) mass is 782 g/mol. The molecule has 288 valence electrons. The molecule has 0 aliphatic carbocycles. The fourth-order valence-electron chi connectivity index (χ4n) is 6.89. The maximum Gasteiger partial charge on any atom is 0.227 e. The Morgan fingerprint density at radius 3 is 2.15 bits per heavy atom. The summed E-state index contributed by atoms with van der Waals surface area (Å²) >= 11 is 1.29. The SMILES string of the molecule is COCOc1cc(-c2nc(OC)c3c(NCCO[Si](C)(C)C(C)(C)C)nc(SC)nc3c2F)c2c(C#C[Si](C(C)C)(C(C)C)C(C)C)c(F)ccc2c1. The van der Waals surface area contributed by atoms with Gasteiger partial charge in [0.15, 0.2) is 26.1 Å². The maximum atomic E-state index is 17.2. The van der Waals surface area contributed by atoms with Gasteiger partial charge < -0.3 is 24.0 Å². The van der Waals surface area contributed by atoms with Crippen LogP contribution in [0.5, 0.6) is 11.6 Å². The molecule has 0 bridgehead atoms. The van der Waals surface area contributed by atoms with E-state index < -0.39 is 28.0 Å². The number of aromatic nitrogens is 3. The van der Waals surface area contributed by atoms with Gasteiger partial charge in [-0.2, -0.15) is 0 Å². The molecule has 0 radical (unpaired) electrons. The minimum Gasteiger partial charge on any atom is -0.480 e. The van der Waals surface area contributed by atoms with Crippen LogP contribution in [0.15, 0.2) is 29.4 Å². The number of benzene rings is 2. The Labute approximate surface area is 320 Å². The summed E-state index contributed by atoms with van der Waals surface area (Å²) in [6.07, 6.45) is 1.83. The Balaban J connectivity index is 2.02. The van der Waals surface area contributed by atoms with Crippen LogP contribution in [0.3, 0.4) is 0 Å². The van der Waals surface area contributed by atoms with Crippen molar-refractivity contribution in [1.82, 2.24) is 15.0 Å². The third-order valence-corrected chi connectivity index (χ3v) is 22.1. The number of rotatable bonds is 14. The van der Waals surface area contributed by atoms with Crippen LogP contribution in [-0.2, 0) is 9.16 Å². The number of anilines is 1. The van der Waals surface area contributed by atoms with Gasteiger partial charge in [-0.3, -0.25) is 0 Å². The molecule has 0 unspecified atom stereocenters. The third-order valence-electron chi connectivity index (χ3n) is 10.7. The van der Waals surface area contributed by atoms with E-state index in [-0.39, 0.29) is 34.5 Å². The first kappa shape index (κ1) is 42.5. The van der Waals surface area contributed by atoms with Crippen LogP contribution in [-0.4, -0.2) is 71.8 Å². The molecule has 0 aliphatic rings. The van der Waals surface area contributed by atoms with Gasteiger partial charge in [0.05, 0.1) is 19.3 Å². The van der Waals surface area contributed by atoms with E-state index in [1.165, 1.54) is 32.0 Å². The van der Waals surface area contributed by atoms with Crippen LogP contribution < -0.4 is 14.8 Å². The molecule has 0 amide bonds. The molecule has 0 saturated carbocycles. The zero-order chi connectivity index (χ0) is 39.5. The standard InChI is InChI=1S/C40H56F2N4O4SSi2/c1-24(2)53(25(3)4,26(5)6)20-17-29-31(41)16-15-27-21-28(49-23-47-10)22-30(32(27)29)35-34(42)36-33(38(44-35)48-11)37(46-39(45-36)51-12)43-18-19-50-52(13,14)40(7,8)9/h15-16,21-22,24-26H,18-19,23H2,1-14H3,(H,43,45,46). The number of thioether (sulfide) groups is 1. The van der Waals surface area contributed by atoms with Crippen LogP contribution in [0.1, 0.15) is 67.9 Å². The average molecular weight is 783 g/mol. The maximum absolute atomic E-state index is 17.2. The Morgan fingerprint density at radius 2 is 1.58 bits per heavy atom. The number of hydrogen-bond acceptors (Lipinski definition) is 9. The van der Waals surface area contributed by atoms with Crippen LogP contribution >= 0.6 is 11.8 Å². The fourth-order valence-corrected chi connectivity index (χ4v) is 13.5. The molecular weight excluding hydrogens is 727 g/mol. The Morgan fingerprint density at radius 1 is 0.925 bits per heavy atom. The Kier molecular flexibility index (Phi) is 13.6. The second-order valence-electron chi connectivity index (χ2n) is 15.8. The van der Waals surface area contributed by atoms with Gasteiger partial charge in [0.1, 0.15) is 42.1 Å². The van der Waals surface area contributed by atoms with Crippen molar-refractivity contribution in [2.75, 3.05) is 45.7 Å². The summed E-state index contributed by atoms with van der Waals surface area (Å²) in [5.74, 6) is 3.00. The summed E-state index contributed by atoms with van der Waals surface area (Å²) in [5, 5.41) is 5.08. The molecular formula is C40H56F2N4O4SSi2. The summed E-state index contributed by atoms with van der Waals surface area (Å²) < 4.78 is 56.6. The van der Waals surface area contributed by atoms with E-state index in [0.29, 0.717) is 68.2 Å². The summed E-state index contributed by atoms with van der Waals surface area (Å²) in [6.45, 7) is 25.1. The predicted molar refractivity (Wildman–Crippen MR) is 221 cm³/mol. The highest BCUT2D eigenvalue weighted by molar-refractivity contribution is 7.98. The largest absolute Gasteiger partial charge is 0.480 e. The molecule has 0 spiro atoms. The van der Waals surface area contributed by atoms with Gasteiger partial charge in [-0.25, -0.2) is 23.7 Å². The molecule has 53 heavy (non-hydrogen) atoms. The lowest BCUT2D eigenvalue weighted by molar-refractivity contribution is 0.0512. The molecule has 2 aromatic heterocycles. The van der Waals surface area contributed by atoms with E-state index in [9.17, 15) is 0 Å². The van der Waals surface area contributed by atoms with E-state index in [1.807, 2.05) is 6.26 Å². The molecule has 4 rings (SSSR count). The van der Waals surface area contributed by atoms with Crippen molar-refractivity contribution < 1.29 is 27.4 Å². The van der Waals surface area contributed by atoms with Crippen LogP contribution in [0.4, 0.5) is 14.6 Å². The number of nitrogens with one attached hydrogen (secondary N) is 1. The lowest BCUT2D eigenvalue weighted by atomic mass is 9.95. The van der Waals surface area contributed by atoms with Crippen molar-refractivity contribution in [3.63, 3.8) is 0 Å². The molecule has 4 aromatic rings. The van der Waals surface area contributed by atoms with Crippen molar-refractivity contribution in [3.05, 3.63) is 41.5 Å². The number of fused-ring (bicyclic) bond motifs is 2. The fraction of sp³-hybridized carbons (Fsp3) is 0.525.